The third kappa shape index (κ3) is 1.12. The quantitative estimate of drug-likeness (QED) is 0.599. The first-order chi connectivity index (χ1) is 8.10. The Hall–Kier alpha value is -0.450. The van der Waals surface area contributed by atoms with Crippen molar-refractivity contribution in [2.24, 2.45) is 5.41 Å². The Kier molecular flexibility index (Phi) is 1.80. The van der Waals surface area contributed by atoms with Gasteiger partial charge >= 0.3 is 0 Å². The number of hydrogen-bond acceptors (Lipinski definition) is 4. The molecule has 2 heterocycles. The summed E-state index contributed by atoms with van der Waals surface area (Å²) in [4.78, 5) is 12.2. The summed E-state index contributed by atoms with van der Waals surface area (Å²) in [6.07, 6.45) is 4.22. The molecule has 2 aliphatic carbocycles. The Balaban J connectivity index is 1.70. The largest absolute Gasteiger partial charge is 0.365 e. The highest BCUT2D eigenvalue weighted by Gasteiger charge is 2.75. The highest BCUT2D eigenvalue weighted by atomic mass is 16.7. The van der Waals surface area contributed by atoms with E-state index in [-0.39, 0.29) is 17.1 Å². The van der Waals surface area contributed by atoms with Crippen molar-refractivity contribution in [1.82, 2.24) is 0 Å². The lowest BCUT2D eigenvalue weighted by Crippen LogP contribution is -2.56. The van der Waals surface area contributed by atoms with Crippen LogP contribution in [0.25, 0.3) is 0 Å². The molecular formula is C13H18O4. The molecule has 94 valence electrons. The number of Topliss-reactive ketones (excluding diaryl/α,β-unsaturated/α-hetero) is 1. The molecule has 4 heteroatoms. The van der Waals surface area contributed by atoms with E-state index in [2.05, 4.69) is 6.92 Å². The first-order valence-corrected chi connectivity index (χ1v) is 6.59. The summed E-state index contributed by atoms with van der Waals surface area (Å²) in [6, 6.07) is 0. The number of rotatable bonds is 0. The van der Waals surface area contributed by atoms with Gasteiger partial charge in [0.05, 0.1) is 24.7 Å². The molecule has 0 N–H and O–H groups in total. The molecule has 0 amide bonds. The number of hydrogen-bond donors (Lipinski definition) is 0. The fourth-order valence-corrected chi connectivity index (χ4v) is 4.15. The molecule has 0 aromatic rings. The fourth-order valence-electron chi connectivity index (χ4n) is 4.15. The van der Waals surface area contributed by atoms with E-state index in [1.165, 1.54) is 0 Å². The molecule has 4 rings (SSSR count). The Labute approximate surface area is 101 Å². The zero-order valence-corrected chi connectivity index (χ0v) is 10.2. The first kappa shape index (κ1) is 10.5. The minimum atomic E-state index is -0.452. The molecule has 2 saturated heterocycles. The van der Waals surface area contributed by atoms with Crippen LogP contribution in [0.15, 0.2) is 0 Å². The summed E-state index contributed by atoms with van der Waals surface area (Å²) >= 11 is 0. The van der Waals surface area contributed by atoms with Gasteiger partial charge in [-0.15, -0.1) is 0 Å². The summed E-state index contributed by atoms with van der Waals surface area (Å²) in [7, 11) is 0. The Morgan fingerprint density at radius 2 is 2.00 bits per heavy atom. The lowest BCUT2D eigenvalue weighted by Gasteiger charge is -2.47. The van der Waals surface area contributed by atoms with Gasteiger partial charge in [-0.3, -0.25) is 4.79 Å². The van der Waals surface area contributed by atoms with E-state index in [1.54, 1.807) is 0 Å². The summed E-state index contributed by atoms with van der Waals surface area (Å²) in [6.45, 7) is 3.42. The van der Waals surface area contributed by atoms with E-state index in [0.29, 0.717) is 25.4 Å². The second-order valence-corrected chi connectivity index (χ2v) is 6.07. The van der Waals surface area contributed by atoms with Crippen LogP contribution >= 0.6 is 0 Å². The SMILES string of the molecule is C[C@@]12CCC3(C[C@]14O[C@@H]4CCC2=O)OCCO3. The van der Waals surface area contributed by atoms with Crippen LogP contribution in [0, 0.1) is 5.41 Å². The molecule has 0 aromatic carbocycles. The van der Waals surface area contributed by atoms with E-state index in [1.807, 2.05) is 0 Å². The van der Waals surface area contributed by atoms with Gasteiger partial charge in [0.1, 0.15) is 11.4 Å². The van der Waals surface area contributed by atoms with Crippen LogP contribution in [0.2, 0.25) is 0 Å². The third-order valence-electron chi connectivity index (χ3n) is 5.35. The number of carbonyl (C=O) groups is 1. The summed E-state index contributed by atoms with van der Waals surface area (Å²) in [5, 5.41) is 0. The van der Waals surface area contributed by atoms with Crippen molar-refractivity contribution < 1.29 is 19.0 Å². The maximum atomic E-state index is 12.2. The zero-order chi connectivity index (χ0) is 11.7. The van der Waals surface area contributed by atoms with Gasteiger partial charge in [0, 0.05) is 19.3 Å². The lowest BCUT2D eigenvalue weighted by molar-refractivity contribution is -0.210. The average molecular weight is 238 g/mol. The molecule has 3 atom stereocenters. The topological polar surface area (TPSA) is 48.1 Å². The minimum Gasteiger partial charge on any atom is -0.365 e. The molecule has 4 aliphatic rings. The van der Waals surface area contributed by atoms with E-state index in [9.17, 15) is 4.79 Å². The second-order valence-electron chi connectivity index (χ2n) is 6.07. The molecule has 2 aliphatic heterocycles. The summed E-state index contributed by atoms with van der Waals surface area (Å²) in [5.74, 6) is -0.0783. The van der Waals surface area contributed by atoms with Crippen molar-refractivity contribution in [2.45, 2.75) is 56.5 Å². The van der Waals surface area contributed by atoms with Crippen LogP contribution in [0.4, 0.5) is 0 Å². The Morgan fingerprint density at radius 1 is 1.24 bits per heavy atom. The molecule has 4 nitrogen and oxygen atoms in total. The van der Waals surface area contributed by atoms with Crippen LogP contribution in [0.5, 0.6) is 0 Å². The summed E-state index contributed by atoms with van der Waals surface area (Å²) in [5.41, 5.74) is -0.568. The van der Waals surface area contributed by atoms with E-state index in [4.69, 9.17) is 14.2 Å². The van der Waals surface area contributed by atoms with Gasteiger partial charge in [0.2, 0.25) is 0 Å². The fraction of sp³-hybridized carbons (Fsp3) is 0.923. The molecule has 0 bridgehead atoms. The van der Waals surface area contributed by atoms with Gasteiger partial charge in [-0.2, -0.15) is 0 Å². The second kappa shape index (κ2) is 2.92. The lowest BCUT2D eigenvalue weighted by atomic mass is 9.58. The molecule has 0 unspecified atom stereocenters. The monoisotopic (exact) mass is 238 g/mol. The average Bonchev–Trinajstić information content (AvgIpc) is 2.83. The van der Waals surface area contributed by atoms with Crippen LogP contribution in [-0.2, 0) is 19.0 Å². The Bertz CT molecular complexity index is 387. The zero-order valence-electron chi connectivity index (χ0n) is 10.2. The minimum absolute atomic E-state index is 0.259. The van der Waals surface area contributed by atoms with Gasteiger partial charge in [-0.25, -0.2) is 0 Å². The van der Waals surface area contributed by atoms with E-state index in [0.717, 1.165) is 25.7 Å². The van der Waals surface area contributed by atoms with Crippen molar-refractivity contribution in [3.8, 4) is 0 Å². The van der Waals surface area contributed by atoms with Crippen molar-refractivity contribution in [3.05, 3.63) is 0 Å². The van der Waals surface area contributed by atoms with E-state index < -0.39 is 5.79 Å². The van der Waals surface area contributed by atoms with Crippen LogP contribution < -0.4 is 0 Å². The molecule has 2 spiro atoms. The Morgan fingerprint density at radius 3 is 2.76 bits per heavy atom. The smallest absolute Gasteiger partial charge is 0.171 e. The predicted molar refractivity (Wildman–Crippen MR) is 58.4 cm³/mol. The maximum absolute atomic E-state index is 12.2. The molecule has 4 fully saturated rings. The van der Waals surface area contributed by atoms with Crippen LogP contribution in [0.1, 0.15) is 39.0 Å². The number of carbonyl (C=O) groups excluding carboxylic acids is 1. The van der Waals surface area contributed by atoms with Gasteiger partial charge in [0.15, 0.2) is 5.79 Å². The maximum Gasteiger partial charge on any atom is 0.171 e. The molecule has 2 saturated carbocycles. The molecule has 0 aromatic heterocycles. The number of epoxide rings is 1. The predicted octanol–water partition coefficient (Wildman–Crippen LogP) is 1.42. The van der Waals surface area contributed by atoms with Gasteiger partial charge < -0.3 is 14.2 Å². The highest BCUT2D eigenvalue weighted by molar-refractivity contribution is 5.88. The number of ketones is 1. The van der Waals surface area contributed by atoms with Gasteiger partial charge in [-0.1, -0.05) is 0 Å². The van der Waals surface area contributed by atoms with Gasteiger partial charge in [0.25, 0.3) is 0 Å². The molecule has 17 heavy (non-hydrogen) atoms. The molecular weight excluding hydrogens is 220 g/mol. The molecule has 0 radical (unpaired) electrons. The van der Waals surface area contributed by atoms with E-state index >= 15 is 0 Å². The standard InChI is InChI=1S/C13H18O4/c1-11-4-5-12(15-6-7-16-12)8-13(11)10(17-13)3-2-9(11)14/h10H,2-8H2,1H3/t10-,11+,13-/m1/s1. The van der Waals surface area contributed by atoms with Crippen molar-refractivity contribution in [2.75, 3.05) is 13.2 Å². The number of ether oxygens (including phenoxy) is 3. The summed E-state index contributed by atoms with van der Waals surface area (Å²) < 4.78 is 17.5. The van der Waals surface area contributed by atoms with Crippen molar-refractivity contribution in [3.63, 3.8) is 0 Å². The van der Waals surface area contributed by atoms with Gasteiger partial charge in [-0.05, 0) is 19.8 Å². The third-order valence-corrected chi connectivity index (χ3v) is 5.35. The van der Waals surface area contributed by atoms with Crippen LogP contribution in [0.3, 0.4) is 0 Å². The normalized spacial score (nSPS) is 51.1. The first-order valence-electron chi connectivity index (χ1n) is 6.59. The van der Waals surface area contributed by atoms with Crippen LogP contribution in [-0.4, -0.2) is 36.5 Å². The van der Waals surface area contributed by atoms with Crippen molar-refractivity contribution in [1.29, 1.82) is 0 Å². The van der Waals surface area contributed by atoms with Crippen molar-refractivity contribution >= 4 is 5.78 Å². The highest BCUT2D eigenvalue weighted by Crippen LogP contribution is 2.65.